The second-order valence-electron chi connectivity index (χ2n) is 4.88. The Labute approximate surface area is 119 Å². The lowest BCUT2D eigenvalue weighted by Crippen LogP contribution is -2.12. The van der Waals surface area contributed by atoms with Crippen LogP contribution in [-0.2, 0) is 0 Å². The molecule has 1 heterocycles. The summed E-state index contributed by atoms with van der Waals surface area (Å²) < 4.78 is 15.5. The lowest BCUT2D eigenvalue weighted by molar-refractivity contribution is 0.422. The van der Waals surface area contributed by atoms with E-state index in [-0.39, 0.29) is 5.82 Å². The Balaban J connectivity index is 1.99. The molecule has 0 N–H and O–H groups in total. The maximum atomic E-state index is 13.2. The third-order valence-electron chi connectivity index (χ3n) is 3.60. The molecule has 1 aromatic heterocycles. The summed E-state index contributed by atoms with van der Waals surface area (Å²) in [6.07, 6.45) is 5.99. The molecule has 1 aliphatic carbocycles. The van der Waals surface area contributed by atoms with Crippen molar-refractivity contribution in [3.63, 3.8) is 0 Å². The molecule has 1 fully saturated rings. The monoisotopic (exact) mass is 324 g/mol. The first-order valence-electron chi connectivity index (χ1n) is 6.49. The van der Waals surface area contributed by atoms with Crippen molar-refractivity contribution in [2.75, 3.05) is 0 Å². The van der Waals surface area contributed by atoms with Crippen molar-refractivity contribution in [3.8, 4) is 5.69 Å². The number of nitrogens with zero attached hydrogens (tertiary/aromatic N) is 4. The molecule has 0 saturated heterocycles. The van der Waals surface area contributed by atoms with Gasteiger partial charge in [-0.2, -0.15) is 4.68 Å². The molecule has 19 heavy (non-hydrogen) atoms. The second kappa shape index (κ2) is 5.36. The van der Waals surface area contributed by atoms with Crippen molar-refractivity contribution in [2.24, 2.45) is 0 Å². The summed E-state index contributed by atoms with van der Waals surface area (Å²) in [5, 5.41) is 12.0. The summed E-state index contributed by atoms with van der Waals surface area (Å²) in [7, 11) is 0. The second-order valence-corrected chi connectivity index (χ2v) is 5.73. The summed E-state index contributed by atoms with van der Waals surface area (Å²) in [4.78, 5) is 0. The molecular weight excluding hydrogens is 311 g/mol. The van der Waals surface area contributed by atoms with Crippen LogP contribution < -0.4 is 0 Å². The summed E-state index contributed by atoms with van der Waals surface area (Å²) in [6.45, 7) is 0. The molecule has 6 heteroatoms. The molecule has 1 saturated carbocycles. The minimum atomic E-state index is -0.275. The minimum absolute atomic E-state index is 0.275. The zero-order valence-electron chi connectivity index (χ0n) is 10.4. The van der Waals surface area contributed by atoms with Gasteiger partial charge in [0.25, 0.3) is 0 Å². The smallest absolute Gasteiger partial charge is 0.159 e. The van der Waals surface area contributed by atoms with Crippen LogP contribution in [0, 0.1) is 5.82 Å². The van der Waals surface area contributed by atoms with Gasteiger partial charge in [-0.1, -0.05) is 19.3 Å². The van der Waals surface area contributed by atoms with Gasteiger partial charge in [0.1, 0.15) is 5.82 Å². The van der Waals surface area contributed by atoms with Crippen molar-refractivity contribution in [3.05, 3.63) is 34.3 Å². The van der Waals surface area contributed by atoms with Gasteiger partial charge in [-0.15, -0.1) is 5.10 Å². The van der Waals surface area contributed by atoms with E-state index in [2.05, 4.69) is 31.5 Å². The van der Waals surface area contributed by atoms with Gasteiger partial charge >= 0.3 is 0 Å². The van der Waals surface area contributed by atoms with Crippen molar-refractivity contribution in [1.82, 2.24) is 20.2 Å². The van der Waals surface area contributed by atoms with Gasteiger partial charge in [0.2, 0.25) is 0 Å². The standard InChI is InChI=1S/C13H14BrFN4/c14-11-8-10(15)6-7-12(11)19-13(16-17-18-19)9-4-2-1-3-5-9/h6-9H,1-5H2. The number of halogens is 2. The Morgan fingerprint density at radius 2 is 2.00 bits per heavy atom. The van der Waals surface area contributed by atoms with Gasteiger partial charge in [-0.3, -0.25) is 0 Å². The van der Waals surface area contributed by atoms with Crippen LogP contribution in [0.3, 0.4) is 0 Å². The van der Waals surface area contributed by atoms with E-state index < -0.39 is 0 Å². The molecule has 0 radical (unpaired) electrons. The predicted octanol–water partition coefficient (Wildman–Crippen LogP) is 3.61. The van der Waals surface area contributed by atoms with Crippen molar-refractivity contribution >= 4 is 15.9 Å². The number of benzene rings is 1. The third-order valence-corrected chi connectivity index (χ3v) is 4.24. The zero-order valence-corrected chi connectivity index (χ0v) is 12.0. The average molecular weight is 325 g/mol. The Bertz CT molecular complexity index is 578. The van der Waals surface area contributed by atoms with E-state index in [9.17, 15) is 4.39 Å². The highest BCUT2D eigenvalue weighted by Crippen LogP contribution is 2.33. The topological polar surface area (TPSA) is 43.6 Å². The maximum absolute atomic E-state index is 13.2. The Morgan fingerprint density at radius 1 is 1.21 bits per heavy atom. The van der Waals surface area contributed by atoms with Crippen LogP contribution in [0.5, 0.6) is 0 Å². The quantitative estimate of drug-likeness (QED) is 0.847. The minimum Gasteiger partial charge on any atom is -0.207 e. The van der Waals surface area contributed by atoms with Crippen LogP contribution in [0.1, 0.15) is 43.8 Å². The van der Waals surface area contributed by atoms with Crippen molar-refractivity contribution in [1.29, 1.82) is 0 Å². The first-order chi connectivity index (χ1) is 9.25. The van der Waals surface area contributed by atoms with Gasteiger partial charge in [0.15, 0.2) is 5.82 Å². The SMILES string of the molecule is Fc1ccc(-n2nnnc2C2CCCCC2)c(Br)c1. The number of hydrogen-bond donors (Lipinski definition) is 0. The van der Waals surface area contributed by atoms with E-state index in [0.717, 1.165) is 24.4 Å². The van der Waals surface area contributed by atoms with Crippen LogP contribution in [0.15, 0.2) is 22.7 Å². The Morgan fingerprint density at radius 3 is 2.74 bits per heavy atom. The molecular formula is C13H14BrFN4. The highest BCUT2D eigenvalue weighted by atomic mass is 79.9. The van der Waals surface area contributed by atoms with Gasteiger partial charge < -0.3 is 0 Å². The molecule has 0 atom stereocenters. The number of rotatable bonds is 2. The van der Waals surface area contributed by atoms with Crippen LogP contribution in [0.4, 0.5) is 4.39 Å². The molecule has 0 amide bonds. The number of tetrazole rings is 1. The fraction of sp³-hybridized carbons (Fsp3) is 0.462. The molecule has 1 aliphatic rings. The first kappa shape index (κ1) is 12.7. The average Bonchev–Trinajstić information content (AvgIpc) is 2.89. The van der Waals surface area contributed by atoms with E-state index >= 15 is 0 Å². The van der Waals surface area contributed by atoms with Crippen molar-refractivity contribution in [2.45, 2.75) is 38.0 Å². The highest BCUT2D eigenvalue weighted by molar-refractivity contribution is 9.10. The zero-order chi connectivity index (χ0) is 13.2. The molecule has 0 unspecified atom stereocenters. The summed E-state index contributed by atoms with van der Waals surface area (Å²) in [5.74, 6) is 1.01. The van der Waals surface area contributed by atoms with E-state index in [0.29, 0.717) is 10.4 Å². The summed E-state index contributed by atoms with van der Waals surface area (Å²) in [6, 6.07) is 4.55. The lowest BCUT2D eigenvalue weighted by atomic mass is 9.89. The van der Waals surface area contributed by atoms with Gasteiger partial charge in [-0.05, 0) is 57.4 Å². The van der Waals surface area contributed by atoms with E-state index in [1.807, 2.05) is 0 Å². The molecule has 100 valence electrons. The molecule has 4 nitrogen and oxygen atoms in total. The largest absolute Gasteiger partial charge is 0.207 e. The molecule has 2 aromatic rings. The highest BCUT2D eigenvalue weighted by Gasteiger charge is 2.23. The summed E-state index contributed by atoms with van der Waals surface area (Å²) in [5.41, 5.74) is 0.784. The maximum Gasteiger partial charge on any atom is 0.159 e. The fourth-order valence-electron chi connectivity index (χ4n) is 2.63. The van der Waals surface area contributed by atoms with Crippen LogP contribution in [0.2, 0.25) is 0 Å². The van der Waals surface area contributed by atoms with E-state index in [1.165, 1.54) is 31.4 Å². The number of hydrogen-bond acceptors (Lipinski definition) is 3. The van der Waals surface area contributed by atoms with Gasteiger partial charge in [0, 0.05) is 10.4 Å². The number of aromatic nitrogens is 4. The predicted molar refractivity (Wildman–Crippen MR) is 72.6 cm³/mol. The molecule has 0 aliphatic heterocycles. The third kappa shape index (κ3) is 2.54. The normalized spacial score (nSPS) is 16.7. The van der Waals surface area contributed by atoms with Crippen LogP contribution in [-0.4, -0.2) is 20.2 Å². The molecule has 1 aromatic carbocycles. The Hall–Kier alpha value is -1.30. The first-order valence-corrected chi connectivity index (χ1v) is 7.28. The van der Waals surface area contributed by atoms with Gasteiger partial charge in [0.05, 0.1) is 5.69 Å². The lowest BCUT2D eigenvalue weighted by Gasteiger charge is -2.20. The van der Waals surface area contributed by atoms with E-state index in [1.54, 1.807) is 10.7 Å². The Kier molecular flexibility index (Phi) is 3.59. The van der Waals surface area contributed by atoms with E-state index in [4.69, 9.17) is 0 Å². The van der Waals surface area contributed by atoms with Crippen LogP contribution >= 0.6 is 15.9 Å². The fourth-order valence-corrected chi connectivity index (χ4v) is 3.15. The van der Waals surface area contributed by atoms with Gasteiger partial charge in [-0.25, -0.2) is 4.39 Å². The van der Waals surface area contributed by atoms with Crippen molar-refractivity contribution < 1.29 is 4.39 Å². The van der Waals surface area contributed by atoms with Crippen LogP contribution in [0.25, 0.3) is 5.69 Å². The molecule has 3 rings (SSSR count). The molecule has 0 bridgehead atoms. The molecule has 0 spiro atoms. The summed E-state index contributed by atoms with van der Waals surface area (Å²) >= 11 is 3.37.